The van der Waals surface area contributed by atoms with Gasteiger partial charge in [-0.25, -0.2) is 4.79 Å². The number of hydrogen-bond donors (Lipinski definition) is 2. The molecule has 0 radical (unpaired) electrons. The molecule has 0 saturated heterocycles. The minimum atomic E-state index is -0.992. The SMILES string of the molecule is Cc1ccc(C(C)(NC2CC2C)C(=O)O)cc1C. The molecule has 1 aromatic carbocycles. The molecule has 0 aromatic heterocycles. The fraction of sp³-hybridized carbons (Fsp3) is 0.533. The van der Waals surface area contributed by atoms with Gasteiger partial charge in [-0.3, -0.25) is 5.32 Å². The molecule has 1 saturated carbocycles. The van der Waals surface area contributed by atoms with Gasteiger partial charge in [0.05, 0.1) is 0 Å². The molecule has 0 spiro atoms. The molecule has 0 heterocycles. The quantitative estimate of drug-likeness (QED) is 0.859. The van der Waals surface area contributed by atoms with E-state index in [1.54, 1.807) is 6.92 Å². The minimum absolute atomic E-state index is 0.327. The highest BCUT2D eigenvalue weighted by Gasteiger charge is 2.43. The zero-order chi connectivity index (χ0) is 13.5. The Morgan fingerprint density at radius 1 is 1.39 bits per heavy atom. The third kappa shape index (κ3) is 2.27. The molecule has 1 fully saturated rings. The Morgan fingerprint density at radius 2 is 2.00 bits per heavy atom. The third-order valence-electron chi connectivity index (χ3n) is 4.10. The van der Waals surface area contributed by atoms with E-state index in [4.69, 9.17) is 0 Å². The number of carboxylic acid groups (broad SMARTS) is 1. The van der Waals surface area contributed by atoms with Gasteiger partial charge in [0.1, 0.15) is 5.54 Å². The number of benzene rings is 1. The van der Waals surface area contributed by atoms with Gasteiger partial charge in [-0.05, 0) is 49.8 Å². The van der Waals surface area contributed by atoms with Crippen LogP contribution in [0.25, 0.3) is 0 Å². The van der Waals surface area contributed by atoms with Crippen molar-refractivity contribution in [3.63, 3.8) is 0 Å². The van der Waals surface area contributed by atoms with Crippen molar-refractivity contribution in [1.29, 1.82) is 0 Å². The normalized spacial score (nSPS) is 25.6. The first kappa shape index (κ1) is 13.1. The van der Waals surface area contributed by atoms with E-state index in [1.807, 2.05) is 32.0 Å². The van der Waals surface area contributed by atoms with Gasteiger partial charge in [-0.1, -0.05) is 25.1 Å². The van der Waals surface area contributed by atoms with Crippen LogP contribution in [0.1, 0.15) is 37.0 Å². The Hall–Kier alpha value is -1.35. The second-order valence-corrected chi connectivity index (χ2v) is 5.69. The van der Waals surface area contributed by atoms with E-state index in [-0.39, 0.29) is 0 Å². The van der Waals surface area contributed by atoms with Crippen LogP contribution in [0.2, 0.25) is 0 Å². The van der Waals surface area contributed by atoms with Gasteiger partial charge in [-0.15, -0.1) is 0 Å². The summed E-state index contributed by atoms with van der Waals surface area (Å²) in [7, 11) is 0. The summed E-state index contributed by atoms with van der Waals surface area (Å²) in [6.07, 6.45) is 1.06. The molecule has 2 rings (SSSR count). The zero-order valence-electron chi connectivity index (χ0n) is 11.4. The Kier molecular flexibility index (Phi) is 3.20. The molecule has 1 aliphatic carbocycles. The molecule has 3 unspecified atom stereocenters. The van der Waals surface area contributed by atoms with Crippen LogP contribution in [0.4, 0.5) is 0 Å². The summed E-state index contributed by atoms with van der Waals surface area (Å²) in [5, 5.41) is 12.8. The maximum absolute atomic E-state index is 11.6. The van der Waals surface area contributed by atoms with E-state index in [2.05, 4.69) is 12.2 Å². The first-order valence-electron chi connectivity index (χ1n) is 6.43. The molecule has 0 amide bonds. The van der Waals surface area contributed by atoms with Crippen LogP contribution < -0.4 is 5.32 Å². The lowest BCUT2D eigenvalue weighted by molar-refractivity contribution is -0.144. The average Bonchev–Trinajstić information content (AvgIpc) is 2.97. The smallest absolute Gasteiger partial charge is 0.328 e. The molecule has 3 atom stereocenters. The summed E-state index contributed by atoms with van der Waals surface area (Å²) < 4.78 is 0. The summed E-state index contributed by atoms with van der Waals surface area (Å²) >= 11 is 0. The molecule has 2 N–H and O–H groups in total. The van der Waals surface area contributed by atoms with Crippen LogP contribution in [-0.4, -0.2) is 17.1 Å². The zero-order valence-corrected chi connectivity index (χ0v) is 11.4. The first-order chi connectivity index (χ1) is 8.34. The second-order valence-electron chi connectivity index (χ2n) is 5.69. The topological polar surface area (TPSA) is 49.3 Å². The van der Waals surface area contributed by atoms with Crippen LogP contribution in [0, 0.1) is 19.8 Å². The van der Waals surface area contributed by atoms with E-state index in [0.29, 0.717) is 12.0 Å². The van der Waals surface area contributed by atoms with Crippen LogP contribution in [-0.2, 0) is 10.3 Å². The number of carboxylic acids is 1. The van der Waals surface area contributed by atoms with Crippen molar-refractivity contribution in [2.75, 3.05) is 0 Å². The summed E-state index contributed by atoms with van der Waals surface area (Å²) in [6.45, 7) is 7.94. The molecule has 0 aliphatic heterocycles. The van der Waals surface area contributed by atoms with Crippen LogP contribution in [0.5, 0.6) is 0 Å². The number of aliphatic carboxylic acids is 1. The maximum Gasteiger partial charge on any atom is 0.328 e. The second kappa shape index (κ2) is 4.39. The predicted molar refractivity (Wildman–Crippen MR) is 71.6 cm³/mol. The standard InChI is InChI=1S/C15H21NO2/c1-9-5-6-12(7-10(9)2)15(4,14(17)18)16-13-8-11(13)3/h5-7,11,13,16H,8H2,1-4H3,(H,17,18). The number of carbonyl (C=O) groups is 1. The van der Waals surface area contributed by atoms with E-state index < -0.39 is 11.5 Å². The molecule has 3 nitrogen and oxygen atoms in total. The summed E-state index contributed by atoms with van der Waals surface area (Å²) in [5.74, 6) is -0.236. The largest absolute Gasteiger partial charge is 0.480 e. The Labute approximate surface area is 108 Å². The Morgan fingerprint density at radius 3 is 2.44 bits per heavy atom. The molecule has 18 heavy (non-hydrogen) atoms. The van der Waals surface area contributed by atoms with Gasteiger partial charge in [0.2, 0.25) is 0 Å². The number of nitrogens with one attached hydrogen (secondary N) is 1. The third-order valence-corrected chi connectivity index (χ3v) is 4.10. The molecule has 1 aromatic rings. The maximum atomic E-state index is 11.6. The van der Waals surface area contributed by atoms with Crippen molar-refractivity contribution in [2.45, 2.75) is 45.7 Å². The molecule has 0 bridgehead atoms. The number of rotatable bonds is 4. The van der Waals surface area contributed by atoms with Crippen molar-refractivity contribution in [2.24, 2.45) is 5.92 Å². The summed E-state index contributed by atoms with van der Waals surface area (Å²) in [4.78, 5) is 11.6. The van der Waals surface area contributed by atoms with E-state index in [0.717, 1.165) is 17.5 Å². The number of hydrogen-bond acceptors (Lipinski definition) is 2. The van der Waals surface area contributed by atoms with Gasteiger partial charge in [-0.2, -0.15) is 0 Å². The van der Waals surface area contributed by atoms with Crippen molar-refractivity contribution in [3.05, 3.63) is 34.9 Å². The fourth-order valence-corrected chi connectivity index (χ4v) is 2.21. The summed E-state index contributed by atoms with van der Waals surface area (Å²) in [6, 6.07) is 6.21. The van der Waals surface area contributed by atoms with Gasteiger partial charge in [0.25, 0.3) is 0 Å². The van der Waals surface area contributed by atoms with Gasteiger partial charge in [0.15, 0.2) is 0 Å². The first-order valence-corrected chi connectivity index (χ1v) is 6.43. The monoisotopic (exact) mass is 247 g/mol. The highest BCUT2D eigenvalue weighted by atomic mass is 16.4. The predicted octanol–water partition coefficient (Wildman–Crippen LogP) is 2.60. The Bertz CT molecular complexity index is 483. The minimum Gasteiger partial charge on any atom is -0.480 e. The molecule has 1 aliphatic rings. The van der Waals surface area contributed by atoms with Crippen LogP contribution in [0.3, 0.4) is 0 Å². The van der Waals surface area contributed by atoms with Crippen molar-refractivity contribution >= 4 is 5.97 Å². The van der Waals surface area contributed by atoms with Crippen LogP contribution >= 0.6 is 0 Å². The number of aryl methyl sites for hydroxylation is 2. The molecular weight excluding hydrogens is 226 g/mol. The molecule has 98 valence electrons. The van der Waals surface area contributed by atoms with E-state index in [1.165, 1.54) is 5.56 Å². The lowest BCUT2D eigenvalue weighted by atomic mass is 9.89. The Balaban J connectivity index is 2.33. The highest BCUT2D eigenvalue weighted by molar-refractivity contribution is 5.80. The summed E-state index contributed by atoms with van der Waals surface area (Å²) in [5.41, 5.74) is 2.16. The highest BCUT2D eigenvalue weighted by Crippen LogP contribution is 2.34. The van der Waals surface area contributed by atoms with E-state index >= 15 is 0 Å². The van der Waals surface area contributed by atoms with Crippen molar-refractivity contribution < 1.29 is 9.90 Å². The van der Waals surface area contributed by atoms with Gasteiger partial charge < -0.3 is 5.11 Å². The average molecular weight is 247 g/mol. The lowest BCUT2D eigenvalue weighted by Crippen LogP contribution is -2.48. The van der Waals surface area contributed by atoms with Crippen LogP contribution in [0.15, 0.2) is 18.2 Å². The molecule has 3 heteroatoms. The van der Waals surface area contributed by atoms with Gasteiger partial charge in [0, 0.05) is 6.04 Å². The van der Waals surface area contributed by atoms with Gasteiger partial charge >= 0.3 is 5.97 Å². The van der Waals surface area contributed by atoms with E-state index in [9.17, 15) is 9.90 Å². The molecular formula is C15H21NO2. The van der Waals surface area contributed by atoms with Crippen molar-refractivity contribution in [3.8, 4) is 0 Å². The lowest BCUT2D eigenvalue weighted by Gasteiger charge is -2.28. The fourth-order valence-electron chi connectivity index (χ4n) is 2.21. The van der Waals surface area contributed by atoms with Crippen molar-refractivity contribution in [1.82, 2.24) is 5.32 Å².